The van der Waals surface area contributed by atoms with Crippen LogP contribution in [0.4, 0.5) is 0 Å². The fourth-order valence-electron chi connectivity index (χ4n) is 2.92. The Morgan fingerprint density at radius 2 is 2.17 bits per heavy atom. The SMILES string of the molecule is COc1ccc([C@H]2CC(=O)Oc3ccc4nsnc4c32)cc1O. The average molecular weight is 328 g/mol. The number of fused-ring (bicyclic) bond motifs is 3. The van der Waals surface area contributed by atoms with Crippen molar-refractivity contribution < 1.29 is 19.4 Å². The van der Waals surface area contributed by atoms with Crippen LogP contribution in [-0.4, -0.2) is 26.9 Å². The van der Waals surface area contributed by atoms with E-state index in [0.717, 1.165) is 33.9 Å². The monoisotopic (exact) mass is 328 g/mol. The first-order chi connectivity index (χ1) is 11.2. The number of carbonyl (C=O) groups is 1. The zero-order valence-electron chi connectivity index (χ0n) is 12.1. The van der Waals surface area contributed by atoms with E-state index in [4.69, 9.17) is 9.47 Å². The van der Waals surface area contributed by atoms with Crippen LogP contribution in [-0.2, 0) is 4.79 Å². The van der Waals surface area contributed by atoms with Gasteiger partial charge < -0.3 is 14.6 Å². The summed E-state index contributed by atoms with van der Waals surface area (Å²) in [6.07, 6.45) is 0.190. The first-order valence-electron chi connectivity index (χ1n) is 7.00. The first-order valence-corrected chi connectivity index (χ1v) is 7.73. The van der Waals surface area contributed by atoms with Gasteiger partial charge in [-0.15, -0.1) is 0 Å². The molecule has 0 unspecified atom stereocenters. The van der Waals surface area contributed by atoms with Gasteiger partial charge in [0, 0.05) is 11.5 Å². The molecule has 2 aromatic carbocycles. The van der Waals surface area contributed by atoms with Gasteiger partial charge in [-0.1, -0.05) is 6.07 Å². The molecule has 1 aromatic heterocycles. The van der Waals surface area contributed by atoms with Gasteiger partial charge in [0.2, 0.25) is 0 Å². The first kappa shape index (κ1) is 14.0. The maximum atomic E-state index is 11.9. The van der Waals surface area contributed by atoms with E-state index in [1.165, 1.54) is 7.11 Å². The maximum absolute atomic E-state index is 11.9. The topological polar surface area (TPSA) is 81.5 Å². The molecule has 1 N–H and O–H groups in total. The molecule has 1 aliphatic heterocycles. The van der Waals surface area contributed by atoms with Gasteiger partial charge in [0.15, 0.2) is 11.5 Å². The predicted octanol–water partition coefficient (Wildman–Crippen LogP) is 2.85. The molecule has 0 bridgehead atoms. The molecular weight excluding hydrogens is 316 g/mol. The van der Waals surface area contributed by atoms with Gasteiger partial charge in [0.05, 0.1) is 25.3 Å². The lowest BCUT2D eigenvalue weighted by molar-refractivity contribution is -0.135. The lowest BCUT2D eigenvalue weighted by Crippen LogP contribution is -2.21. The van der Waals surface area contributed by atoms with Crippen molar-refractivity contribution in [2.24, 2.45) is 0 Å². The molecule has 116 valence electrons. The van der Waals surface area contributed by atoms with Gasteiger partial charge in [-0.05, 0) is 29.8 Å². The summed E-state index contributed by atoms with van der Waals surface area (Å²) in [7, 11) is 1.49. The molecule has 1 atom stereocenters. The van der Waals surface area contributed by atoms with Gasteiger partial charge in [0.1, 0.15) is 16.8 Å². The maximum Gasteiger partial charge on any atom is 0.312 e. The molecule has 1 aliphatic rings. The van der Waals surface area contributed by atoms with Crippen LogP contribution in [0.5, 0.6) is 17.2 Å². The number of ether oxygens (including phenoxy) is 2. The smallest absolute Gasteiger partial charge is 0.312 e. The van der Waals surface area contributed by atoms with Crippen molar-refractivity contribution in [1.29, 1.82) is 0 Å². The lowest BCUT2D eigenvalue weighted by Gasteiger charge is -2.25. The third-order valence-corrected chi connectivity index (χ3v) is 4.52. The van der Waals surface area contributed by atoms with Gasteiger partial charge in [-0.2, -0.15) is 8.75 Å². The zero-order valence-corrected chi connectivity index (χ0v) is 13.0. The zero-order chi connectivity index (χ0) is 16.0. The Bertz CT molecular complexity index is 922. The van der Waals surface area contributed by atoms with Crippen LogP contribution in [0.25, 0.3) is 11.0 Å². The number of phenolic OH excluding ortho intramolecular Hbond substituents is 1. The highest BCUT2D eigenvalue weighted by Gasteiger charge is 2.31. The second kappa shape index (κ2) is 5.20. The third-order valence-electron chi connectivity index (χ3n) is 3.98. The minimum atomic E-state index is -0.305. The number of hydrogen-bond acceptors (Lipinski definition) is 7. The number of rotatable bonds is 2. The van der Waals surface area contributed by atoms with Crippen LogP contribution >= 0.6 is 11.7 Å². The van der Waals surface area contributed by atoms with Gasteiger partial charge in [0.25, 0.3) is 0 Å². The van der Waals surface area contributed by atoms with Crippen LogP contribution in [0.2, 0.25) is 0 Å². The third kappa shape index (κ3) is 2.20. The molecular formula is C16H12N2O4S. The summed E-state index contributed by atoms with van der Waals surface area (Å²) >= 11 is 1.12. The molecule has 0 spiro atoms. The summed E-state index contributed by atoms with van der Waals surface area (Å²) < 4.78 is 19.0. The molecule has 7 heteroatoms. The van der Waals surface area contributed by atoms with E-state index in [0.29, 0.717) is 11.5 Å². The summed E-state index contributed by atoms with van der Waals surface area (Å²) in [4.78, 5) is 11.9. The van der Waals surface area contributed by atoms with Crippen LogP contribution in [0, 0.1) is 0 Å². The van der Waals surface area contributed by atoms with E-state index in [9.17, 15) is 9.90 Å². The highest BCUT2D eigenvalue weighted by molar-refractivity contribution is 7.00. The second-order valence-electron chi connectivity index (χ2n) is 5.27. The van der Waals surface area contributed by atoms with Crippen molar-refractivity contribution in [3.8, 4) is 17.2 Å². The number of aromatic nitrogens is 2. The summed E-state index contributed by atoms with van der Waals surface area (Å²) in [6, 6.07) is 8.67. The van der Waals surface area contributed by atoms with Gasteiger partial charge in [-0.25, -0.2) is 0 Å². The van der Waals surface area contributed by atoms with E-state index in [-0.39, 0.29) is 24.1 Å². The van der Waals surface area contributed by atoms with Crippen molar-refractivity contribution in [2.45, 2.75) is 12.3 Å². The molecule has 2 heterocycles. The van der Waals surface area contributed by atoms with Crippen molar-refractivity contribution in [2.75, 3.05) is 7.11 Å². The Balaban J connectivity index is 1.91. The van der Waals surface area contributed by atoms with Crippen molar-refractivity contribution in [3.63, 3.8) is 0 Å². The molecule has 4 rings (SSSR count). The van der Waals surface area contributed by atoms with Gasteiger partial charge in [-0.3, -0.25) is 4.79 Å². The van der Waals surface area contributed by atoms with E-state index in [1.54, 1.807) is 24.3 Å². The number of aromatic hydroxyl groups is 1. The minimum absolute atomic E-state index is 0.0362. The fourth-order valence-corrected chi connectivity index (χ4v) is 3.47. The minimum Gasteiger partial charge on any atom is -0.504 e. The molecule has 23 heavy (non-hydrogen) atoms. The predicted molar refractivity (Wildman–Crippen MR) is 84.2 cm³/mol. The molecule has 0 saturated heterocycles. The number of esters is 1. The van der Waals surface area contributed by atoms with E-state index < -0.39 is 0 Å². The number of benzene rings is 2. The van der Waals surface area contributed by atoms with E-state index in [2.05, 4.69) is 8.75 Å². The van der Waals surface area contributed by atoms with Crippen LogP contribution in [0.1, 0.15) is 23.5 Å². The summed E-state index contributed by atoms with van der Waals surface area (Å²) in [6.45, 7) is 0. The molecule has 0 fully saturated rings. The molecule has 0 aliphatic carbocycles. The Morgan fingerprint density at radius 3 is 2.96 bits per heavy atom. The molecule has 6 nitrogen and oxygen atoms in total. The average Bonchev–Trinajstić information content (AvgIpc) is 3.02. The quantitative estimate of drug-likeness (QED) is 0.575. The van der Waals surface area contributed by atoms with E-state index in [1.807, 2.05) is 6.07 Å². The second-order valence-corrected chi connectivity index (χ2v) is 5.80. The summed E-state index contributed by atoms with van der Waals surface area (Å²) in [5, 5.41) is 10.0. The standard InChI is InChI=1S/C16H12N2O4S/c1-21-12-4-2-8(6-11(12)19)9-7-14(20)22-13-5-3-10-16(15(9)13)18-23-17-10/h2-6,9,19H,7H2,1H3/t9-/m1/s1. The molecule has 0 radical (unpaired) electrons. The summed E-state index contributed by atoms with van der Waals surface area (Å²) in [5.41, 5.74) is 3.15. The number of methoxy groups -OCH3 is 1. The highest BCUT2D eigenvalue weighted by Crippen LogP contribution is 2.43. The van der Waals surface area contributed by atoms with E-state index >= 15 is 0 Å². The fraction of sp³-hybridized carbons (Fsp3) is 0.188. The highest BCUT2D eigenvalue weighted by atomic mass is 32.1. The Labute approximate surface area is 135 Å². The lowest BCUT2D eigenvalue weighted by atomic mass is 9.85. The summed E-state index contributed by atoms with van der Waals surface area (Å²) in [5.74, 6) is 0.382. The Hall–Kier alpha value is -2.67. The van der Waals surface area contributed by atoms with Crippen LogP contribution in [0.3, 0.4) is 0 Å². The molecule has 3 aromatic rings. The van der Waals surface area contributed by atoms with Crippen LogP contribution in [0.15, 0.2) is 30.3 Å². The largest absolute Gasteiger partial charge is 0.504 e. The number of hydrogen-bond donors (Lipinski definition) is 1. The number of phenols is 1. The van der Waals surface area contributed by atoms with Crippen molar-refractivity contribution in [3.05, 3.63) is 41.5 Å². The van der Waals surface area contributed by atoms with Gasteiger partial charge >= 0.3 is 5.97 Å². The molecule has 0 amide bonds. The number of nitrogens with zero attached hydrogens (tertiary/aromatic N) is 2. The van der Waals surface area contributed by atoms with Crippen molar-refractivity contribution >= 4 is 28.7 Å². The normalized spacial score (nSPS) is 16.9. The number of carbonyl (C=O) groups excluding carboxylic acids is 1. The molecule has 0 saturated carbocycles. The Kier molecular flexibility index (Phi) is 3.16. The van der Waals surface area contributed by atoms with Crippen molar-refractivity contribution in [1.82, 2.24) is 8.75 Å². The van der Waals surface area contributed by atoms with Crippen LogP contribution < -0.4 is 9.47 Å². The Morgan fingerprint density at radius 1 is 1.30 bits per heavy atom.